The fourth-order valence-electron chi connectivity index (χ4n) is 10.1. The van der Waals surface area contributed by atoms with Crippen molar-refractivity contribution in [1.82, 2.24) is 0 Å². The highest BCUT2D eigenvalue weighted by molar-refractivity contribution is 6.06. The van der Waals surface area contributed by atoms with E-state index in [2.05, 4.69) is 146 Å². The Balaban J connectivity index is 1.08. The summed E-state index contributed by atoms with van der Waals surface area (Å²) >= 11 is 0. The van der Waals surface area contributed by atoms with Gasteiger partial charge in [0.15, 0.2) is 0 Å². The van der Waals surface area contributed by atoms with Crippen molar-refractivity contribution in [3.8, 4) is 0 Å². The van der Waals surface area contributed by atoms with Crippen LogP contribution in [0.25, 0.3) is 32.3 Å². The van der Waals surface area contributed by atoms with Crippen molar-refractivity contribution < 1.29 is 0 Å². The predicted molar refractivity (Wildman–Crippen MR) is 189 cm³/mol. The van der Waals surface area contributed by atoms with Gasteiger partial charge in [-0.3, -0.25) is 0 Å². The Morgan fingerprint density at radius 1 is 0.196 bits per heavy atom. The van der Waals surface area contributed by atoms with Gasteiger partial charge in [0.2, 0.25) is 0 Å². The quantitative estimate of drug-likeness (QED) is 0.157. The summed E-state index contributed by atoms with van der Waals surface area (Å²) in [5.41, 5.74) is 17.8. The summed E-state index contributed by atoms with van der Waals surface area (Å²) in [6.45, 7) is 0. The zero-order valence-corrected chi connectivity index (χ0v) is 25.2. The van der Waals surface area contributed by atoms with Crippen LogP contribution in [0.4, 0.5) is 0 Å². The van der Waals surface area contributed by atoms with Crippen molar-refractivity contribution in [3.05, 3.63) is 212 Å². The van der Waals surface area contributed by atoms with Crippen LogP contribution in [0.1, 0.15) is 90.4 Å². The van der Waals surface area contributed by atoms with E-state index in [-0.39, 0.29) is 0 Å². The minimum absolute atomic E-state index is 0.303. The predicted octanol–water partition coefficient (Wildman–Crippen LogP) is 11.1. The highest BCUT2D eigenvalue weighted by Gasteiger charge is 2.42. The van der Waals surface area contributed by atoms with Crippen LogP contribution in [-0.4, -0.2) is 0 Å². The molecule has 6 aliphatic rings. The molecule has 8 aromatic rings. The zero-order valence-electron chi connectivity index (χ0n) is 25.2. The van der Waals surface area contributed by atoms with Gasteiger partial charge < -0.3 is 0 Å². The molecule has 0 saturated carbocycles. The molecule has 0 nitrogen and oxygen atoms in total. The summed E-state index contributed by atoms with van der Waals surface area (Å²) in [7, 11) is 0. The van der Waals surface area contributed by atoms with E-state index in [9.17, 15) is 0 Å². The lowest BCUT2D eigenvalue weighted by Gasteiger charge is -2.42. The van der Waals surface area contributed by atoms with Crippen LogP contribution in [0, 0.1) is 0 Å². The molecule has 0 spiro atoms. The van der Waals surface area contributed by atoms with Crippen molar-refractivity contribution in [2.24, 2.45) is 0 Å². The van der Waals surface area contributed by atoms with Gasteiger partial charge in [0, 0.05) is 23.7 Å². The van der Waals surface area contributed by atoms with E-state index in [0.29, 0.717) is 23.7 Å². The smallest absolute Gasteiger partial charge is 0.0349 e. The molecule has 0 amide bonds. The zero-order chi connectivity index (χ0) is 29.7. The van der Waals surface area contributed by atoms with Crippen molar-refractivity contribution in [1.29, 1.82) is 0 Å². The molecule has 0 heteroatoms. The molecule has 0 saturated heterocycles. The summed E-state index contributed by atoms with van der Waals surface area (Å²) in [4.78, 5) is 0. The molecule has 0 heterocycles. The van der Waals surface area contributed by atoms with Crippen molar-refractivity contribution in [2.45, 2.75) is 23.7 Å². The van der Waals surface area contributed by atoms with Gasteiger partial charge in [-0.15, -0.1) is 0 Å². The number of fused-ring (bicyclic) bond motifs is 3. The lowest BCUT2D eigenvalue weighted by atomic mass is 9.61. The van der Waals surface area contributed by atoms with Gasteiger partial charge in [-0.25, -0.2) is 0 Å². The Hall–Kier alpha value is -5.46. The Morgan fingerprint density at radius 3 is 0.565 bits per heavy atom. The third kappa shape index (κ3) is 2.83. The Kier molecular flexibility index (Phi) is 4.26. The largest absolute Gasteiger partial charge is 0.0619 e. The second-order valence-corrected chi connectivity index (χ2v) is 14.0. The van der Waals surface area contributed by atoms with Crippen LogP contribution in [-0.2, 0) is 0 Å². The van der Waals surface area contributed by atoms with Crippen LogP contribution >= 0.6 is 0 Å². The molecule has 14 rings (SSSR count). The fourth-order valence-corrected chi connectivity index (χ4v) is 10.1. The first-order chi connectivity index (χ1) is 22.8. The molecule has 0 radical (unpaired) electrons. The topological polar surface area (TPSA) is 0 Å². The summed E-state index contributed by atoms with van der Waals surface area (Å²) in [5, 5.41) is 8.01. The first kappa shape index (κ1) is 23.9. The SMILES string of the molecule is c1ccc2c(c1)C1c3ccccc3C2c2cc3cc4cc5cc6c(cc5cc4cc3cc21)C1c2ccccc2C6c2ccccc21. The average Bonchev–Trinajstić information content (AvgIpc) is 3.11. The van der Waals surface area contributed by atoms with E-state index < -0.39 is 0 Å². The third-order valence-electron chi connectivity index (χ3n) is 11.9. The van der Waals surface area contributed by atoms with Gasteiger partial charge in [-0.05, 0) is 148 Å². The summed E-state index contributed by atoms with van der Waals surface area (Å²) in [6, 6.07) is 56.3. The number of hydrogen-bond donors (Lipinski definition) is 0. The first-order valence-electron chi connectivity index (χ1n) is 16.6. The van der Waals surface area contributed by atoms with E-state index in [4.69, 9.17) is 0 Å². The molecule has 0 unspecified atom stereocenters. The third-order valence-corrected chi connectivity index (χ3v) is 11.9. The molecule has 0 N–H and O–H groups in total. The minimum Gasteiger partial charge on any atom is -0.0619 e. The van der Waals surface area contributed by atoms with E-state index in [0.717, 1.165) is 0 Å². The average molecular weight is 581 g/mol. The highest BCUT2D eigenvalue weighted by Crippen LogP contribution is 2.58. The maximum Gasteiger partial charge on any atom is 0.0349 e. The van der Waals surface area contributed by atoms with Crippen LogP contribution in [0.5, 0.6) is 0 Å². The fraction of sp³-hybridized carbons (Fsp3) is 0.0870. The van der Waals surface area contributed by atoms with Crippen LogP contribution in [0.15, 0.2) is 146 Å². The van der Waals surface area contributed by atoms with Gasteiger partial charge >= 0.3 is 0 Å². The number of rotatable bonds is 0. The van der Waals surface area contributed by atoms with Crippen LogP contribution in [0.2, 0.25) is 0 Å². The maximum atomic E-state index is 2.51. The minimum atomic E-state index is 0.303. The monoisotopic (exact) mass is 580 g/mol. The van der Waals surface area contributed by atoms with Crippen molar-refractivity contribution >= 4 is 32.3 Å². The normalized spacial score (nSPS) is 20.6. The van der Waals surface area contributed by atoms with Gasteiger partial charge in [0.05, 0.1) is 0 Å². The number of benzene rings is 8. The molecule has 0 aromatic heterocycles. The van der Waals surface area contributed by atoms with Crippen molar-refractivity contribution in [2.75, 3.05) is 0 Å². The second-order valence-electron chi connectivity index (χ2n) is 14.0. The highest BCUT2D eigenvalue weighted by atomic mass is 14.4. The summed E-state index contributed by atoms with van der Waals surface area (Å²) in [5.74, 6) is 1.21. The Morgan fingerprint density at radius 2 is 0.370 bits per heavy atom. The maximum absolute atomic E-state index is 2.51. The van der Waals surface area contributed by atoms with Gasteiger partial charge in [0.1, 0.15) is 0 Å². The Bertz CT molecular complexity index is 2210. The standard InChI is InChI=1S/C46H28/c1-2-10-32-31(9-1)43-33-11-3-4-12-34(33)44(32)40-22-28-18-26-20-30-24-42-41(23-29(30)19-25(26)17-27(28)21-39(40)43)45-35-13-5-7-15-37(35)46(42)38-16-8-6-14-36(38)45/h1-24,43-46H. The summed E-state index contributed by atoms with van der Waals surface area (Å²) < 4.78 is 0. The van der Waals surface area contributed by atoms with E-state index in [1.165, 1.54) is 99.1 Å². The second kappa shape index (κ2) is 8.22. The molecule has 8 aromatic carbocycles. The van der Waals surface area contributed by atoms with Gasteiger partial charge in [-0.2, -0.15) is 0 Å². The molecule has 4 bridgehead atoms. The van der Waals surface area contributed by atoms with E-state index >= 15 is 0 Å². The van der Waals surface area contributed by atoms with Crippen LogP contribution < -0.4 is 0 Å². The molecule has 0 fully saturated rings. The lowest BCUT2D eigenvalue weighted by molar-refractivity contribution is 0.756. The molecular weight excluding hydrogens is 553 g/mol. The molecule has 46 heavy (non-hydrogen) atoms. The van der Waals surface area contributed by atoms with Gasteiger partial charge in [0.25, 0.3) is 0 Å². The van der Waals surface area contributed by atoms with Gasteiger partial charge in [-0.1, -0.05) is 97.1 Å². The molecule has 0 aliphatic heterocycles. The van der Waals surface area contributed by atoms with Crippen LogP contribution in [0.3, 0.4) is 0 Å². The summed E-state index contributed by atoms with van der Waals surface area (Å²) in [6.07, 6.45) is 0. The Labute approximate surface area is 267 Å². The molecule has 212 valence electrons. The van der Waals surface area contributed by atoms with E-state index in [1.807, 2.05) is 0 Å². The lowest BCUT2D eigenvalue weighted by Crippen LogP contribution is -2.27. The molecular formula is C46H28. The molecule has 0 atom stereocenters. The molecule has 6 aliphatic carbocycles. The van der Waals surface area contributed by atoms with E-state index in [1.54, 1.807) is 0 Å². The van der Waals surface area contributed by atoms with Crippen molar-refractivity contribution in [3.63, 3.8) is 0 Å². The first-order valence-corrected chi connectivity index (χ1v) is 16.6. The number of hydrogen-bond acceptors (Lipinski definition) is 0.